The second kappa shape index (κ2) is 17.3. The maximum absolute atomic E-state index is 4.57. The Balaban J connectivity index is 0.919. The highest BCUT2D eigenvalue weighted by Crippen LogP contribution is 2.59. The van der Waals surface area contributed by atoms with Gasteiger partial charge in [-0.05, 0) is 179 Å². The van der Waals surface area contributed by atoms with Crippen LogP contribution in [0.15, 0.2) is 0 Å². The summed E-state index contributed by atoms with van der Waals surface area (Å²) in [4.78, 5) is 0. The van der Waals surface area contributed by atoms with E-state index in [1.54, 1.807) is 0 Å². The predicted octanol–water partition coefficient (Wildman–Crippen LogP) is 11.3. The molecule has 14 unspecified atom stereocenters. The number of nitrogens with one attached hydrogen (secondary N) is 5. The fraction of sp³-hybridized carbons (Fsp3) is 1.00. The van der Waals surface area contributed by atoms with Crippen molar-refractivity contribution in [2.45, 2.75) is 245 Å². The van der Waals surface area contributed by atoms with E-state index in [0.717, 1.165) is 65.3 Å². The zero-order valence-corrected chi connectivity index (χ0v) is 37.5. The van der Waals surface area contributed by atoms with Crippen LogP contribution in [-0.4, -0.2) is 43.2 Å². The molecule has 9 fully saturated rings. The quantitative estimate of drug-likeness (QED) is 0.170. The van der Waals surface area contributed by atoms with Crippen LogP contribution < -0.4 is 26.6 Å². The van der Waals surface area contributed by atoms with Crippen molar-refractivity contribution in [3.05, 3.63) is 0 Å². The van der Waals surface area contributed by atoms with Crippen LogP contribution in [0.2, 0.25) is 0 Å². The largest absolute Gasteiger partial charge is 0.313 e. The van der Waals surface area contributed by atoms with E-state index in [1.165, 1.54) is 180 Å². The normalized spacial score (nSPS) is 50.3. The van der Waals surface area contributed by atoms with E-state index >= 15 is 0 Å². The lowest BCUT2D eigenvalue weighted by molar-refractivity contribution is -0.0494. The monoisotopic (exact) mass is 774 g/mol. The molecule has 0 amide bonds. The van der Waals surface area contributed by atoms with Gasteiger partial charge in [0.1, 0.15) is 0 Å². The number of hydrogen-bond donors (Lipinski definition) is 5. The summed E-state index contributed by atoms with van der Waals surface area (Å²) in [7, 11) is 0. The SMILES string of the molecule is CCC1CCCC2C1NC1C(C)CCCC1C1CCCC(NCC3CCCC3C3NC(C4CCCCC4)NC(C4(C)CCC(C5(C)CCCCC5)CC4)N3)C12C. The first-order valence-corrected chi connectivity index (χ1v) is 26.0. The number of hydrogen-bond acceptors (Lipinski definition) is 5. The molecular formula is C51H91N5. The molecule has 320 valence electrons. The van der Waals surface area contributed by atoms with Crippen molar-refractivity contribution in [2.24, 2.45) is 69.5 Å². The maximum atomic E-state index is 4.57. The van der Waals surface area contributed by atoms with Gasteiger partial charge in [-0.15, -0.1) is 0 Å². The fourth-order valence-electron chi connectivity index (χ4n) is 17.2. The summed E-state index contributed by atoms with van der Waals surface area (Å²) >= 11 is 0. The third-order valence-electron chi connectivity index (χ3n) is 20.8. The summed E-state index contributed by atoms with van der Waals surface area (Å²) in [5.74, 6) is 7.57. The van der Waals surface area contributed by atoms with E-state index in [1.807, 2.05) is 0 Å². The van der Waals surface area contributed by atoms with Crippen molar-refractivity contribution in [1.82, 2.24) is 26.6 Å². The zero-order chi connectivity index (χ0) is 38.5. The van der Waals surface area contributed by atoms with Gasteiger partial charge >= 0.3 is 0 Å². The third kappa shape index (κ3) is 7.79. The standard InChI is InChI=1S/C51H91N5/c1-6-35-20-15-25-42-45(35)53-44-34(2)17-13-23-40(44)41-24-16-26-43(51(41,42)5)52-33-37-21-14-22-39(37)47-54-46(36-18-9-7-10-19-36)55-48(56-47)50(4)31-27-38(28-32-50)49(3)29-11-8-12-30-49/h34-48,52-56H,6-33H2,1-5H3. The van der Waals surface area contributed by atoms with Crippen LogP contribution in [0.4, 0.5) is 0 Å². The molecule has 0 spiro atoms. The van der Waals surface area contributed by atoms with Crippen molar-refractivity contribution in [2.75, 3.05) is 6.54 Å². The molecule has 9 rings (SSSR count). The Bertz CT molecular complexity index is 1260. The van der Waals surface area contributed by atoms with Crippen molar-refractivity contribution < 1.29 is 0 Å². The van der Waals surface area contributed by atoms with Crippen LogP contribution in [0.3, 0.4) is 0 Å². The molecule has 7 saturated carbocycles. The molecule has 5 nitrogen and oxygen atoms in total. The van der Waals surface area contributed by atoms with E-state index in [4.69, 9.17) is 0 Å². The van der Waals surface area contributed by atoms with Crippen molar-refractivity contribution in [3.8, 4) is 0 Å². The third-order valence-corrected chi connectivity index (χ3v) is 20.8. The first-order chi connectivity index (χ1) is 27.2. The highest BCUT2D eigenvalue weighted by Gasteiger charge is 2.59. The molecule has 9 aliphatic rings. The van der Waals surface area contributed by atoms with Crippen molar-refractivity contribution in [1.29, 1.82) is 0 Å². The lowest BCUT2D eigenvalue weighted by atomic mass is 9.50. The lowest BCUT2D eigenvalue weighted by Crippen LogP contribution is -2.74. The fourth-order valence-corrected chi connectivity index (χ4v) is 17.2. The average Bonchev–Trinajstić information content (AvgIpc) is 3.66. The predicted molar refractivity (Wildman–Crippen MR) is 235 cm³/mol. The molecule has 0 aromatic carbocycles. The Morgan fingerprint density at radius 3 is 1.96 bits per heavy atom. The highest BCUT2D eigenvalue weighted by atomic mass is 15.4. The summed E-state index contributed by atoms with van der Waals surface area (Å²) in [5, 5.41) is 22.3. The summed E-state index contributed by atoms with van der Waals surface area (Å²) in [6.07, 6.45) is 40.3. The van der Waals surface area contributed by atoms with Gasteiger partial charge in [0.05, 0.1) is 18.5 Å². The molecule has 0 radical (unpaired) electrons. The summed E-state index contributed by atoms with van der Waals surface area (Å²) in [6.45, 7) is 14.6. The summed E-state index contributed by atoms with van der Waals surface area (Å²) in [5.41, 5.74) is 1.38. The molecule has 5 heteroatoms. The minimum atomic E-state index is 0.349. The lowest BCUT2D eigenvalue weighted by Gasteiger charge is -2.57. The molecule has 56 heavy (non-hydrogen) atoms. The van der Waals surface area contributed by atoms with E-state index in [0.29, 0.717) is 40.8 Å². The van der Waals surface area contributed by atoms with Crippen LogP contribution in [0.5, 0.6) is 0 Å². The molecule has 0 aromatic rings. The topological polar surface area (TPSA) is 60.1 Å². The van der Waals surface area contributed by atoms with Gasteiger partial charge in [-0.3, -0.25) is 16.0 Å². The molecular weight excluding hydrogens is 683 g/mol. The first kappa shape index (κ1) is 41.2. The van der Waals surface area contributed by atoms with E-state index in [-0.39, 0.29) is 0 Å². The Hall–Kier alpha value is -0.200. The van der Waals surface area contributed by atoms with Crippen LogP contribution in [0.1, 0.15) is 208 Å². The van der Waals surface area contributed by atoms with Crippen LogP contribution in [0.25, 0.3) is 0 Å². The Morgan fingerprint density at radius 1 is 0.518 bits per heavy atom. The zero-order valence-electron chi connectivity index (χ0n) is 37.5. The molecule has 5 N–H and O–H groups in total. The van der Waals surface area contributed by atoms with Crippen molar-refractivity contribution in [3.63, 3.8) is 0 Å². The highest BCUT2D eigenvalue weighted by molar-refractivity contribution is 5.13. The summed E-state index contributed by atoms with van der Waals surface area (Å²) < 4.78 is 0. The van der Waals surface area contributed by atoms with Gasteiger partial charge in [-0.25, -0.2) is 0 Å². The molecule has 0 aromatic heterocycles. The molecule has 14 atom stereocenters. The minimum Gasteiger partial charge on any atom is -0.313 e. The van der Waals surface area contributed by atoms with Gasteiger partial charge < -0.3 is 10.6 Å². The van der Waals surface area contributed by atoms with E-state index in [2.05, 4.69) is 61.2 Å². The van der Waals surface area contributed by atoms with E-state index < -0.39 is 0 Å². The van der Waals surface area contributed by atoms with Gasteiger partial charge in [0.2, 0.25) is 0 Å². The smallest absolute Gasteiger partial charge is 0.0651 e. The second-order valence-corrected chi connectivity index (χ2v) is 23.6. The van der Waals surface area contributed by atoms with Crippen LogP contribution in [-0.2, 0) is 0 Å². The minimum absolute atomic E-state index is 0.349. The molecule has 7 aliphatic carbocycles. The Labute approximate surface area is 346 Å². The number of rotatable bonds is 8. The molecule has 2 heterocycles. The number of fused-ring (bicyclic) bond motifs is 5. The van der Waals surface area contributed by atoms with Gasteiger partial charge in [-0.1, -0.05) is 105 Å². The van der Waals surface area contributed by atoms with Gasteiger partial charge in [0, 0.05) is 18.1 Å². The van der Waals surface area contributed by atoms with Crippen molar-refractivity contribution >= 4 is 0 Å². The summed E-state index contributed by atoms with van der Waals surface area (Å²) in [6, 6.07) is 2.17. The second-order valence-electron chi connectivity index (χ2n) is 23.6. The van der Waals surface area contributed by atoms with Gasteiger partial charge in [-0.2, -0.15) is 0 Å². The molecule has 2 saturated heterocycles. The van der Waals surface area contributed by atoms with Crippen LogP contribution in [0, 0.1) is 69.5 Å². The molecule has 0 bridgehead atoms. The maximum Gasteiger partial charge on any atom is 0.0651 e. The molecule has 2 aliphatic heterocycles. The van der Waals surface area contributed by atoms with Crippen LogP contribution >= 0.6 is 0 Å². The van der Waals surface area contributed by atoms with Gasteiger partial charge in [0.15, 0.2) is 0 Å². The Kier molecular flexibility index (Phi) is 12.7. The van der Waals surface area contributed by atoms with Gasteiger partial charge in [0.25, 0.3) is 0 Å². The Morgan fingerprint density at radius 2 is 1.18 bits per heavy atom. The van der Waals surface area contributed by atoms with E-state index in [9.17, 15) is 0 Å². The first-order valence-electron chi connectivity index (χ1n) is 26.0. The average molecular weight is 774 g/mol.